The van der Waals surface area contributed by atoms with Crippen molar-refractivity contribution in [2.75, 3.05) is 25.3 Å². The molecule has 154 valence electrons. The summed E-state index contributed by atoms with van der Waals surface area (Å²) in [6, 6.07) is 12.8. The molecule has 1 atom stereocenters. The Bertz CT molecular complexity index is 1090. The molecule has 30 heavy (non-hydrogen) atoms. The molecule has 0 saturated heterocycles. The van der Waals surface area contributed by atoms with Crippen molar-refractivity contribution >= 4 is 23.4 Å². The minimum atomic E-state index is -1.07. The molecular weight excluding hydrogens is 408 g/mol. The van der Waals surface area contributed by atoms with E-state index in [1.165, 1.54) is 18.9 Å². The number of carboxylic acids is 1. The predicted molar refractivity (Wildman–Crippen MR) is 110 cm³/mol. The highest BCUT2D eigenvalue weighted by atomic mass is 32.2. The number of hydrogen-bond acceptors (Lipinski definition) is 9. The molecule has 1 aliphatic heterocycles. The Morgan fingerprint density at radius 2 is 2.07 bits per heavy atom. The van der Waals surface area contributed by atoms with E-state index in [-0.39, 0.29) is 0 Å². The van der Waals surface area contributed by atoms with Gasteiger partial charge < -0.3 is 24.6 Å². The molecule has 0 aliphatic carbocycles. The molecule has 0 bridgehead atoms. The third-order valence-electron chi connectivity index (χ3n) is 4.36. The first-order chi connectivity index (χ1) is 14.6. The SMILES string of the molecule is COc1cc([C@@H]2Nc3ccccc3-c3nnc(SC)nc3O2)ccc1OCC(=O)O. The van der Waals surface area contributed by atoms with Crippen LogP contribution in [0.5, 0.6) is 17.4 Å². The zero-order valence-electron chi connectivity index (χ0n) is 16.2. The van der Waals surface area contributed by atoms with Crippen LogP contribution in [0.25, 0.3) is 11.3 Å². The summed E-state index contributed by atoms with van der Waals surface area (Å²) in [5, 5.41) is 21.1. The Morgan fingerprint density at radius 3 is 2.83 bits per heavy atom. The standard InChI is InChI=1S/C20H18N4O5S/c1-27-15-9-11(7-8-14(15)28-10-16(25)26)18-21-13-6-4-3-5-12(13)17-19(29-18)22-20(30-2)24-23-17/h3-9,18,21H,10H2,1-2H3,(H,25,26)/t18-/m1/s1. The van der Waals surface area contributed by atoms with Crippen molar-refractivity contribution in [3.63, 3.8) is 0 Å². The maximum Gasteiger partial charge on any atom is 0.341 e. The van der Waals surface area contributed by atoms with E-state index < -0.39 is 18.8 Å². The Kier molecular flexibility index (Phi) is 5.57. The van der Waals surface area contributed by atoms with Crippen LogP contribution in [0.3, 0.4) is 0 Å². The van der Waals surface area contributed by atoms with Gasteiger partial charge in [0.05, 0.1) is 7.11 Å². The number of thioether (sulfide) groups is 1. The number of nitrogens with zero attached hydrogens (tertiary/aromatic N) is 3. The van der Waals surface area contributed by atoms with Gasteiger partial charge in [0, 0.05) is 16.8 Å². The fourth-order valence-corrected chi connectivity index (χ4v) is 3.29. The number of methoxy groups -OCH3 is 1. The molecule has 9 nitrogen and oxygen atoms in total. The Hall–Kier alpha value is -3.53. The first kappa shape index (κ1) is 19.8. The summed E-state index contributed by atoms with van der Waals surface area (Å²) in [7, 11) is 1.49. The molecular formula is C20H18N4O5S. The smallest absolute Gasteiger partial charge is 0.341 e. The lowest BCUT2D eigenvalue weighted by atomic mass is 10.1. The van der Waals surface area contributed by atoms with Crippen LogP contribution in [-0.4, -0.2) is 46.2 Å². The van der Waals surface area contributed by atoms with Crippen LogP contribution >= 0.6 is 11.8 Å². The highest BCUT2D eigenvalue weighted by Crippen LogP contribution is 2.40. The molecule has 2 aromatic carbocycles. The normalized spacial score (nSPS) is 14.4. The molecule has 0 unspecified atom stereocenters. The van der Waals surface area contributed by atoms with Crippen molar-refractivity contribution in [2.24, 2.45) is 0 Å². The van der Waals surface area contributed by atoms with E-state index in [1.54, 1.807) is 18.2 Å². The van der Waals surface area contributed by atoms with E-state index in [1.807, 2.05) is 30.5 Å². The number of fused-ring (bicyclic) bond motifs is 3. The molecule has 0 saturated carbocycles. The van der Waals surface area contributed by atoms with Crippen molar-refractivity contribution in [3.8, 4) is 28.6 Å². The van der Waals surface area contributed by atoms with E-state index in [4.69, 9.17) is 19.3 Å². The van der Waals surface area contributed by atoms with Crippen LogP contribution < -0.4 is 19.5 Å². The van der Waals surface area contributed by atoms with Crippen LogP contribution in [0.15, 0.2) is 47.6 Å². The average molecular weight is 426 g/mol. The number of benzene rings is 2. The summed E-state index contributed by atoms with van der Waals surface area (Å²) in [4.78, 5) is 15.3. The van der Waals surface area contributed by atoms with E-state index in [9.17, 15) is 4.79 Å². The van der Waals surface area contributed by atoms with Gasteiger partial charge in [-0.1, -0.05) is 30.0 Å². The topological polar surface area (TPSA) is 116 Å². The van der Waals surface area contributed by atoms with Gasteiger partial charge in [0.15, 0.2) is 30.0 Å². The van der Waals surface area contributed by atoms with Crippen molar-refractivity contribution in [1.82, 2.24) is 15.2 Å². The summed E-state index contributed by atoms with van der Waals surface area (Å²) in [5.41, 5.74) is 2.93. The van der Waals surface area contributed by atoms with Crippen LogP contribution in [0.2, 0.25) is 0 Å². The number of carboxylic acid groups (broad SMARTS) is 1. The molecule has 2 heterocycles. The zero-order chi connectivity index (χ0) is 21.1. The molecule has 2 N–H and O–H groups in total. The number of anilines is 1. The van der Waals surface area contributed by atoms with Crippen LogP contribution in [0.4, 0.5) is 5.69 Å². The predicted octanol–water partition coefficient (Wildman–Crippen LogP) is 3.24. The number of hydrogen-bond donors (Lipinski definition) is 2. The number of nitrogens with one attached hydrogen (secondary N) is 1. The Balaban J connectivity index is 1.74. The molecule has 0 amide bonds. The van der Waals surface area contributed by atoms with Crippen LogP contribution in [0, 0.1) is 0 Å². The number of aromatic nitrogens is 3. The molecule has 0 fully saturated rings. The van der Waals surface area contributed by atoms with Gasteiger partial charge in [-0.15, -0.1) is 10.2 Å². The van der Waals surface area contributed by atoms with Gasteiger partial charge in [0.1, 0.15) is 0 Å². The van der Waals surface area contributed by atoms with Gasteiger partial charge in [-0.2, -0.15) is 4.98 Å². The fraction of sp³-hybridized carbons (Fsp3) is 0.200. The summed E-state index contributed by atoms with van der Waals surface area (Å²) >= 11 is 1.37. The minimum absolute atomic E-state index is 0.326. The first-order valence-corrected chi connectivity index (χ1v) is 10.2. The Morgan fingerprint density at radius 1 is 1.23 bits per heavy atom. The lowest BCUT2D eigenvalue weighted by molar-refractivity contribution is -0.139. The van der Waals surface area contributed by atoms with Crippen LogP contribution in [-0.2, 0) is 4.79 Å². The van der Waals surface area contributed by atoms with Gasteiger partial charge >= 0.3 is 5.97 Å². The summed E-state index contributed by atoms with van der Waals surface area (Å²) in [6.45, 7) is -0.464. The largest absolute Gasteiger partial charge is 0.493 e. The number of rotatable bonds is 6. The average Bonchev–Trinajstić information content (AvgIpc) is 2.93. The van der Waals surface area contributed by atoms with Gasteiger partial charge in [-0.25, -0.2) is 4.79 Å². The van der Waals surface area contributed by atoms with Crippen molar-refractivity contribution in [1.29, 1.82) is 0 Å². The second-order valence-electron chi connectivity index (χ2n) is 6.23. The van der Waals surface area contributed by atoms with Gasteiger partial charge in [0.25, 0.3) is 0 Å². The van der Waals surface area contributed by atoms with Crippen molar-refractivity contribution in [2.45, 2.75) is 11.4 Å². The lowest BCUT2D eigenvalue weighted by Crippen LogP contribution is -2.17. The van der Waals surface area contributed by atoms with Crippen molar-refractivity contribution in [3.05, 3.63) is 48.0 Å². The van der Waals surface area contributed by atoms with Gasteiger partial charge in [-0.05, 0) is 30.5 Å². The molecule has 3 aromatic rings. The summed E-state index contributed by atoms with van der Waals surface area (Å²) < 4.78 is 16.8. The van der Waals surface area contributed by atoms with E-state index in [0.717, 1.165) is 16.8 Å². The van der Waals surface area contributed by atoms with Crippen molar-refractivity contribution < 1.29 is 24.1 Å². The molecule has 0 spiro atoms. The molecule has 0 radical (unpaired) electrons. The van der Waals surface area contributed by atoms with E-state index in [0.29, 0.717) is 28.2 Å². The second-order valence-corrected chi connectivity index (χ2v) is 7.01. The maximum atomic E-state index is 10.8. The quantitative estimate of drug-likeness (QED) is 0.569. The fourth-order valence-electron chi connectivity index (χ4n) is 2.99. The minimum Gasteiger partial charge on any atom is -0.493 e. The van der Waals surface area contributed by atoms with Gasteiger partial charge in [0.2, 0.25) is 11.0 Å². The van der Waals surface area contributed by atoms with E-state index >= 15 is 0 Å². The summed E-state index contributed by atoms with van der Waals surface area (Å²) in [6.07, 6.45) is 1.27. The number of carbonyl (C=O) groups is 1. The monoisotopic (exact) mass is 426 g/mol. The molecule has 4 rings (SSSR count). The number of aliphatic carboxylic acids is 1. The molecule has 1 aromatic heterocycles. The number of para-hydroxylation sites is 1. The second kappa shape index (κ2) is 8.46. The maximum absolute atomic E-state index is 10.8. The third-order valence-corrected chi connectivity index (χ3v) is 4.90. The van der Waals surface area contributed by atoms with Crippen LogP contribution in [0.1, 0.15) is 11.8 Å². The van der Waals surface area contributed by atoms with E-state index in [2.05, 4.69) is 20.5 Å². The first-order valence-electron chi connectivity index (χ1n) is 8.93. The summed E-state index contributed by atoms with van der Waals surface area (Å²) in [5.74, 6) is 0.0103. The lowest BCUT2D eigenvalue weighted by Gasteiger charge is -2.20. The molecule has 1 aliphatic rings. The Labute approximate surface area is 176 Å². The highest BCUT2D eigenvalue weighted by Gasteiger charge is 2.26. The highest BCUT2D eigenvalue weighted by molar-refractivity contribution is 7.98. The number of ether oxygens (including phenoxy) is 3. The molecule has 10 heteroatoms. The zero-order valence-corrected chi connectivity index (χ0v) is 17.0. The third kappa shape index (κ3) is 3.94. The van der Waals surface area contributed by atoms with Gasteiger partial charge in [-0.3, -0.25) is 0 Å².